The van der Waals surface area contributed by atoms with Crippen LogP contribution >= 0.6 is 0 Å². The van der Waals surface area contributed by atoms with E-state index in [1.807, 2.05) is 0 Å². The van der Waals surface area contributed by atoms with Crippen molar-refractivity contribution in [3.63, 3.8) is 0 Å². The van der Waals surface area contributed by atoms with Gasteiger partial charge < -0.3 is 0 Å². The minimum Gasteiger partial charge on any atom is -0.0747 e. The number of rotatable bonds is 2. The molecule has 0 aromatic rings. The lowest BCUT2D eigenvalue weighted by Crippen LogP contribution is -2.25. The molecule has 0 aromatic heterocycles. The molecule has 0 fully saturated rings. The van der Waals surface area contributed by atoms with Crippen molar-refractivity contribution in [2.24, 2.45) is 0 Å². The molecule has 50 valence electrons. The van der Waals surface area contributed by atoms with Gasteiger partial charge in [0.05, 0.1) is 0 Å². The summed E-state index contributed by atoms with van der Waals surface area (Å²) in [6.07, 6.45) is 0. The first-order valence-corrected chi connectivity index (χ1v) is 8.51. The Morgan fingerprint density at radius 1 is 1.25 bits per heavy atom. The van der Waals surface area contributed by atoms with Crippen LogP contribution in [-0.4, -0.2) is 18.3 Å². The third-order valence-corrected chi connectivity index (χ3v) is 11.1. The molecule has 0 unspecified atom stereocenters. The Kier molecular flexibility index (Phi) is 2.98. The molecule has 0 aliphatic heterocycles. The molecule has 0 N–H and O–H groups in total. The second-order valence-corrected chi connectivity index (χ2v) is 10.7. The van der Waals surface area contributed by atoms with Gasteiger partial charge in [0.1, 0.15) is 0 Å². The van der Waals surface area contributed by atoms with Gasteiger partial charge in [0.25, 0.3) is 0 Å². The Morgan fingerprint density at radius 2 is 1.62 bits per heavy atom. The topological polar surface area (TPSA) is 0 Å². The molecule has 0 aliphatic carbocycles. The summed E-state index contributed by atoms with van der Waals surface area (Å²) in [5, 5.41) is 0. The third-order valence-electron chi connectivity index (χ3n) is 2.47. The first kappa shape index (κ1) is 8.43. The normalized spacial score (nSPS) is 14.2. The summed E-state index contributed by atoms with van der Waals surface area (Å²) in [6, 6.07) is 0. The van der Waals surface area contributed by atoms with Gasteiger partial charge in [-0.05, 0) is 0 Å². The van der Waals surface area contributed by atoms with Crippen molar-refractivity contribution in [1.29, 1.82) is 0 Å². The van der Waals surface area contributed by atoms with Gasteiger partial charge in [-0.15, -0.1) is 0 Å². The molecular weight excluding hydrogens is 128 g/mol. The summed E-state index contributed by atoms with van der Waals surface area (Å²) in [5.74, 6) is 0. The lowest BCUT2D eigenvalue weighted by atomic mass is 10.5. The van der Waals surface area contributed by atoms with Crippen molar-refractivity contribution in [2.75, 3.05) is 0 Å². The average molecular weight is 146 g/mol. The molecule has 0 rings (SSSR count). The summed E-state index contributed by atoms with van der Waals surface area (Å²) >= 11 is 0. The Labute approximate surface area is 57.1 Å². The van der Waals surface area contributed by atoms with E-state index >= 15 is 0 Å². The molecule has 0 nitrogen and oxygen atoms in total. The van der Waals surface area contributed by atoms with E-state index in [9.17, 15) is 0 Å². The maximum atomic E-state index is 2.45. The predicted molar refractivity (Wildman–Crippen MR) is 47.3 cm³/mol. The summed E-state index contributed by atoms with van der Waals surface area (Å²) in [6.45, 7) is 12.2. The van der Waals surface area contributed by atoms with E-state index in [0.29, 0.717) is 0 Å². The zero-order valence-corrected chi connectivity index (χ0v) is 9.35. The van der Waals surface area contributed by atoms with Gasteiger partial charge in [-0.25, -0.2) is 0 Å². The van der Waals surface area contributed by atoms with Gasteiger partial charge >= 0.3 is 0 Å². The fraction of sp³-hybridized carbons (Fsp3) is 1.00. The van der Waals surface area contributed by atoms with Crippen LogP contribution in [0.25, 0.3) is 0 Å². The van der Waals surface area contributed by atoms with Crippen LogP contribution in [0.3, 0.4) is 0 Å². The Hall–Kier alpha value is 0.434. The Morgan fingerprint density at radius 3 is 1.62 bits per heavy atom. The molecule has 0 aromatic carbocycles. The SMILES string of the molecule is C[SiH2]C(C)(C)[SiH](C)C. The van der Waals surface area contributed by atoms with Crippen molar-refractivity contribution in [3.8, 4) is 0 Å². The molecule has 0 amide bonds. The van der Waals surface area contributed by atoms with E-state index in [2.05, 4.69) is 33.5 Å². The molecule has 0 atom stereocenters. The summed E-state index contributed by atoms with van der Waals surface area (Å²) in [4.78, 5) is 0. The smallest absolute Gasteiger partial charge is 0.0330 e. The lowest BCUT2D eigenvalue weighted by molar-refractivity contribution is 0.924. The van der Waals surface area contributed by atoms with Gasteiger partial charge in [-0.3, -0.25) is 0 Å². The standard InChI is InChI=1S/C6H18Si2/c1-6(2,7-3)8(4)5/h8H,7H2,1-5H3. The van der Waals surface area contributed by atoms with Crippen LogP contribution in [0.2, 0.25) is 24.3 Å². The lowest BCUT2D eigenvalue weighted by Gasteiger charge is -2.25. The van der Waals surface area contributed by atoms with Gasteiger partial charge in [0.2, 0.25) is 0 Å². The minimum atomic E-state index is -0.318. The van der Waals surface area contributed by atoms with Crippen LogP contribution < -0.4 is 0 Å². The number of hydrogen-bond donors (Lipinski definition) is 0. The van der Waals surface area contributed by atoms with Crippen molar-refractivity contribution in [2.45, 2.75) is 38.2 Å². The van der Waals surface area contributed by atoms with Crippen LogP contribution in [-0.2, 0) is 0 Å². The highest BCUT2D eigenvalue weighted by atomic mass is 28.3. The van der Waals surface area contributed by atoms with E-state index in [1.54, 1.807) is 0 Å². The first-order chi connectivity index (χ1) is 3.50. The van der Waals surface area contributed by atoms with Crippen LogP contribution in [0.15, 0.2) is 0 Å². The second-order valence-electron chi connectivity index (χ2n) is 3.50. The van der Waals surface area contributed by atoms with Crippen molar-refractivity contribution in [3.05, 3.63) is 0 Å². The second kappa shape index (κ2) is 2.83. The Bertz CT molecular complexity index is 66.9. The molecule has 0 bridgehead atoms. The first-order valence-electron chi connectivity index (χ1n) is 3.50. The van der Waals surface area contributed by atoms with Gasteiger partial charge in [-0.2, -0.15) is 0 Å². The van der Waals surface area contributed by atoms with Crippen LogP contribution in [0.1, 0.15) is 13.8 Å². The summed E-state index contributed by atoms with van der Waals surface area (Å²) < 4.78 is 0.819. The van der Waals surface area contributed by atoms with Crippen molar-refractivity contribution < 1.29 is 0 Å². The van der Waals surface area contributed by atoms with E-state index < -0.39 is 0 Å². The molecule has 0 heterocycles. The minimum absolute atomic E-state index is 0.256. The van der Waals surface area contributed by atoms with Crippen LogP contribution in [0.4, 0.5) is 0 Å². The van der Waals surface area contributed by atoms with Gasteiger partial charge in [0, 0.05) is 18.3 Å². The van der Waals surface area contributed by atoms with Crippen molar-refractivity contribution >= 4 is 18.3 Å². The average Bonchev–Trinajstić information content (AvgIpc) is 1.67. The third kappa shape index (κ3) is 2.13. The largest absolute Gasteiger partial charge is 0.0747 e. The van der Waals surface area contributed by atoms with E-state index in [0.717, 1.165) is 4.66 Å². The molecule has 2 heteroatoms. The predicted octanol–water partition coefficient (Wildman–Crippen LogP) is 1.43. The fourth-order valence-electron chi connectivity index (χ4n) is 0.408. The maximum Gasteiger partial charge on any atom is 0.0330 e. The van der Waals surface area contributed by atoms with E-state index in [4.69, 9.17) is 0 Å². The molecule has 0 aliphatic rings. The molecule has 0 saturated heterocycles. The highest BCUT2D eigenvalue weighted by Crippen LogP contribution is 2.25. The molecular formula is C6H18Si2. The zero-order valence-electron chi connectivity index (χ0n) is 6.78. The van der Waals surface area contributed by atoms with Gasteiger partial charge in [-0.1, -0.05) is 38.2 Å². The van der Waals surface area contributed by atoms with Crippen molar-refractivity contribution in [1.82, 2.24) is 0 Å². The summed E-state index contributed by atoms with van der Waals surface area (Å²) in [5.41, 5.74) is 0. The molecule has 0 radical (unpaired) electrons. The van der Waals surface area contributed by atoms with E-state index in [-0.39, 0.29) is 18.3 Å². The monoisotopic (exact) mass is 146 g/mol. The van der Waals surface area contributed by atoms with Gasteiger partial charge in [0.15, 0.2) is 0 Å². The zero-order chi connectivity index (χ0) is 6.78. The highest BCUT2D eigenvalue weighted by molar-refractivity contribution is 6.72. The quantitative estimate of drug-likeness (QED) is 0.517. The Balaban J connectivity index is 3.71. The molecule has 0 saturated carbocycles. The molecule has 8 heavy (non-hydrogen) atoms. The fourth-order valence-corrected chi connectivity index (χ4v) is 3.67. The maximum absolute atomic E-state index is 2.45. The van der Waals surface area contributed by atoms with E-state index in [1.165, 1.54) is 0 Å². The van der Waals surface area contributed by atoms with Crippen LogP contribution in [0, 0.1) is 0 Å². The summed E-state index contributed by atoms with van der Waals surface area (Å²) in [7, 11) is -0.0617. The highest BCUT2D eigenvalue weighted by Gasteiger charge is 2.20. The number of hydrogen-bond acceptors (Lipinski definition) is 0. The molecule has 0 spiro atoms. The van der Waals surface area contributed by atoms with Crippen LogP contribution in [0.5, 0.6) is 0 Å².